The molecule has 0 fully saturated rings. The van der Waals surface area contributed by atoms with Crippen LogP contribution in [0.25, 0.3) is 0 Å². The van der Waals surface area contributed by atoms with Crippen molar-refractivity contribution in [1.82, 2.24) is 0 Å². The van der Waals surface area contributed by atoms with E-state index in [4.69, 9.17) is 0 Å². The number of nitro groups is 1. The molecule has 0 saturated carbocycles. The zero-order chi connectivity index (χ0) is 11.5. The van der Waals surface area contributed by atoms with Gasteiger partial charge in [-0.05, 0) is 0 Å². The van der Waals surface area contributed by atoms with Gasteiger partial charge in [0, 0.05) is 22.6 Å². The van der Waals surface area contributed by atoms with E-state index < -0.39 is 4.92 Å². The highest BCUT2D eigenvalue weighted by Gasteiger charge is 2.15. The average molecular weight is 233 g/mol. The Balaban J connectivity index is 2.31. The van der Waals surface area contributed by atoms with Gasteiger partial charge in [0.2, 0.25) is 0 Å². The lowest BCUT2D eigenvalue weighted by Crippen LogP contribution is -1.98. The fourth-order valence-corrected chi connectivity index (χ4v) is 2.00. The zero-order valence-electron chi connectivity index (χ0n) is 8.12. The number of nitrogens with zero attached hydrogens (tertiary/aromatic N) is 1. The van der Waals surface area contributed by atoms with Crippen LogP contribution < -0.4 is 0 Å². The highest BCUT2D eigenvalue weighted by molar-refractivity contribution is 7.13. The van der Waals surface area contributed by atoms with Crippen LogP contribution in [0.1, 0.15) is 15.9 Å². The number of benzene rings is 1. The van der Waals surface area contributed by atoms with E-state index in [2.05, 4.69) is 0 Å². The number of rotatable bonds is 3. The molecule has 1 heterocycles. The molecule has 80 valence electrons. The third-order valence-corrected chi connectivity index (χ3v) is 2.94. The largest absolute Gasteiger partial charge is 0.324 e. The third-order valence-electron chi connectivity index (χ3n) is 2.06. The summed E-state index contributed by atoms with van der Waals surface area (Å²) in [5.41, 5.74) is 0.901. The summed E-state index contributed by atoms with van der Waals surface area (Å²) >= 11 is 0.961. The number of carbonyl (C=O) groups is 1. The van der Waals surface area contributed by atoms with Crippen molar-refractivity contribution in [3.05, 3.63) is 63.0 Å². The monoisotopic (exact) mass is 233 g/mol. The molecular formula is C11H7NO3S. The SMILES string of the molecule is O=C(c1ccccc1)c1csc([N+](=O)[O-])c1. The van der Waals surface area contributed by atoms with Crippen LogP contribution in [0.2, 0.25) is 0 Å². The zero-order valence-corrected chi connectivity index (χ0v) is 8.94. The molecule has 0 atom stereocenters. The predicted octanol–water partition coefficient (Wildman–Crippen LogP) is 2.89. The lowest BCUT2D eigenvalue weighted by Gasteiger charge is -1.95. The van der Waals surface area contributed by atoms with Gasteiger partial charge in [0.05, 0.1) is 4.92 Å². The summed E-state index contributed by atoms with van der Waals surface area (Å²) in [7, 11) is 0. The van der Waals surface area contributed by atoms with Crippen molar-refractivity contribution in [3.8, 4) is 0 Å². The Bertz CT molecular complexity index is 533. The van der Waals surface area contributed by atoms with Gasteiger partial charge in [-0.15, -0.1) is 0 Å². The molecule has 5 heteroatoms. The fourth-order valence-electron chi connectivity index (χ4n) is 1.30. The van der Waals surface area contributed by atoms with Crippen molar-refractivity contribution >= 4 is 22.1 Å². The highest BCUT2D eigenvalue weighted by atomic mass is 32.1. The van der Waals surface area contributed by atoms with Crippen LogP contribution in [0.4, 0.5) is 5.00 Å². The molecule has 0 unspecified atom stereocenters. The third kappa shape index (κ3) is 1.99. The minimum absolute atomic E-state index is 0.0146. The van der Waals surface area contributed by atoms with Crippen LogP contribution in [-0.2, 0) is 0 Å². The molecule has 0 aliphatic carbocycles. The molecule has 16 heavy (non-hydrogen) atoms. The van der Waals surface area contributed by atoms with Crippen molar-refractivity contribution in [1.29, 1.82) is 0 Å². The van der Waals surface area contributed by atoms with Crippen LogP contribution in [0, 0.1) is 10.1 Å². The van der Waals surface area contributed by atoms with E-state index in [-0.39, 0.29) is 10.8 Å². The van der Waals surface area contributed by atoms with Gasteiger partial charge in [0.1, 0.15) is 0 Å². The predicted molar refractivity (Wildman–Crippen MR) is 60.8 cm³/mol. The van der Waals surface area contributed by atoms with E-state index in [0.717, 1.165) is 11.3 Å². The van der Waals surface area contributed by atoms with Crippen LogP contribution in [0.15, 0.2) is 41.8 Å². The first-order chi connectivity index (χ1) is 7.68. The minimum Gasteiger partial charge on any atom is -0.289 e. The number of thiophene rings is 1. The Kier molecular flexibility index (Phi) is 2.78. The number of carbonyl (C=O) groups excluding carboxylic acids is 1. The van der Waals surface area contributed by atoms with E-state index in [0.29, 0.717) is 11.1 Å². The van der Waals surface area contributed by atoms with E-state index in [1.807, 2.05) is 6.07 Å². The molecule has 1 aromatic heterocycles. The molecule has 2 rings (SSSR count). The Morgan fingerprint density at radius 1 is 1.19 bits per heavy atom. The van der Waals surface area contributed by atoms with Crippen molar-refractivity contribution in [2.24, 2.45) is 0 Å². The second-order valence-electron chi connectivity index (χ2n) is 3.13. The van der Waals surface area contributed by atoms with Gasteiger partial charge >= 0.3 is 5.00 Å². The summed E-state index contributed by atoms with van der Waals surface area (Å²) in [6.07, 6.45) is 0. The molecular weight excluding hydrogens is 226 g/mol. The average Bonchev–Trinajstić information content (AvgIpc) is 2.78. The summed E-state index contributed by atoms with van der Waals surface area (Å²) < 4.78 is 0. The second-order valence-corrected chi connectivity index (χ2v) is 4.02. The van der Waals surface area contributed by atoms with Crippen LogP contribution in [0.5, 0.6) is 0 Å². The first kappa shape index (κ1) is 10.5. The van der Waals surface area contributed by atoms with Gasteiger partial charge in [-0.2, -0.15) is 0 Å². The van der Waals surface area contributed by atoms with Gasteiger partial charge < -0.3 is 0 Å². The Morgan fingerprint density at radius 3 is 2.44 bits per heavy atom. The lowest BCUT2D eigenvalue weighted by molar-refractivity contribution is -0.380. The van der Waals surface area contributed by atoms with E-state index in [9.17, 15) is 14.9 Å². The van der Waals surface area contributed by atoms with E-state index in [1.54, 1.807) is 24.3 Å². The maximum atomic E-state index is 11.9. The smallest absolute Gasteiger partial charge is 0.289 e. The van der Waals surface area contributed by atoms with Crippen LogP contribution in [0.3, 0.4) is 0 Å². The quantitative estimate of drug-likeness (QED) is 0.465. The van der Waals surface area contributed by atoms with E-state index in [1.165, 1.54) is 11.4 Å². The van der Waals surface area contributed by atoms with Crippen molar-refractivity contribution in [3.63, 3.8) is 0 Å². The number of hydrogen-bond acceptors (Lipinski definition) is 4. The molecule has 0 bridgehead atoms. The Labute approximate surface area is 95.3 Å². The molecule has 0 spiro atoms. The van der Waals surface area contributed by atoms with E-state index >= 15 is 0 Å². The topological polar surface area (TPSA) is 60.2 Å². The summed E-state index contributed by atoms with van der Waals surface area (Å²) in [5.74, 6) is -0.190. The summed E-state index contributed by atoms with van der Waals surface area (Å²) in [6.45, 7) is 0. The summed E-state index contributed by atoms with van der Waals surface area (Å²) in [5, 5.41) is 12.0. The molecule has 0 aliphatic heterocycles. The minimum atomic E-state index is -0.494. The lowest BCUT2D eigenvalue weighted by atomic mass is 10.1. The molecule has 0 saturated heterocycles. The maximum absolute atomic E-state index is 11.9. The molecule has 0 amide bonds. The number of ketones is 1. The van der Waals surface area contributed by atoms with Gasteiger partial charge in [0.15, 0.2) is 5.78 Å². The standard InChI is InChI=1S/C11H7NO3S/c13-11(8-4-2-1-3-5-8)9-6-10(12(14)15)16-7-9/h1-7H. The van der Waals surface area contributed by atoms with Crippen LogP contribution in [-0.4, -0.2) is 10.7 Å². The van der Waals surface area contributed by atoms with Gasteiger partial charge in [0.25, 0.3) is 0 Å². The van der Waals surface area contributed by atoms with Crippen LogP contribution >= 0.6 is 11.3 Å². The van der Waals surface area contributed by atoms with Crippen molar-refractivity contribution in [2.75, 3.05) is 0 Å². The van der Waals surface area contributed by atoms with Gasteiger partial charge in [-0.3, -0.25) is 14.9 Å². The Morgan fingerprint density at radius 2 is 1.88 bits per heavy atom. The van der Waals surface area contributed by atoms with Gasteiger partial charge in [-0.25, -0.2) is 0 Å². The Hall–Kier alpha value is -2.01. The molecule has 0 N–H and O–H groups in total. The normalized spacial score (nSPS) is 10.0. The number of hydrogen-bond donors (Lipinski definition) is 0. The highest BCUT2D eigenvalue weighted by Crippen LogP contribution is 2.24. The summed E-state index contributed by atoms with van der Waals surface area (Å²) in [4.78, 5) is 21.9. The maximum Gasteiger partial charge on any atom is 0.324 e. The molecule has 2 aromatic rings. The molecule has 1 aromatic carbocycles. The summed E-state index contributed by atoms with van der Waals surface area (Å²) in [6, 6.07) is 10.0. The van der Waals surface area contributed by atoms with Crippen molar-refractivity contribution in [2.45, 2.75) is 0 Å². The molecule has 0 aliphatic rings. The van der Waals surface area contributed by atoms with Gasteiger partial charge in [-0.1, -0.05) is 41.7 Å². The second kappa shape index (κ2) is 4.24. The first-order valence-electron chi connectivity index (χ1n) is 4.51. The van der Waals surface area contributed by atoms with Crippen molar-refractivity contribution < 1.29 is 9.72 Å². The molecule has 4 nitrogen and oxygen atoms in total. The first-order valence-corrected chi connectivity index (χ1v) is 5.39. The fraction of sp³-hybridized carbons (Fsp3) is 0. The molecule has 0 radical (unpaired) electrons.